The number of hydrogen-bond donors (Lipinski definition) is 2. The number of nitrogens with zero attached hydrogens (tertiary/aromatic N) is 2. The Labute approximate surface area is 126 Å². The molecule has 0 aliphatic rings. The van der Waals surface area contributed by atoms with Gasteiger partial charge < -0.3 is 15.3 Å². The van der Waals surface area contributed by atoms with Crippen molar-refractivity contribution in [3.8, 4) is 0 Å². The maximum atomic E-state index is 12.2. The Hall–Kier alpha value is -1.47. The summed E-state index contributed by atoms with van der Waals surface area (Å²) in [6, 6.07) is 7.09. The molecule has 0 spiro atoms. The fraction of sp³-hybridized carbons (Fsp3) is 0.462. The minimum atomic E-state index is -4.65. The van der Waals surface area contributed by atoms with Gasteiger partial charge >= 0.3 is 6.18 Å². The molecule has 0 aliphatic heterocycles. The maximum absolute atomic E-state index is 12.2. The second-order valence-corrected chi connectivity index (χ2v) is 4.90. The van der Waals surface area contributed by atoms with Crippen LogP contribution in [0.5, 0.6) is 0 Å². The van der Waals surface area contributed by atoms with E-state index in [0.29, 0.717) is 11.6 Å². The number of halogens is 4. The number of hydrogen-bond acceptors (Lipinski definition) is 2. The van der Waals surface area contributed by atoms with Crippen molar-refractivity contribution >= 4 is 17.6 Å². The molecule has 0 saturated carbocycles. The number of benzene rings is 1. The first-order valence-electron chi connectivity index (χ1n) is 6.15. The van der Waals surface area contributed by atoms with E-state index in [9.17, 15) is 13.2 Å². The topological polar surface area (TPSA) is 47.9 Å². The Morgan fingerprint density at radius 3 is 2.43 bits per heavy atom. The monoisotopic (exact) mass is 323 g/mol. The summed E-state index contributed by atoms with van der Waals surface area (Å²) in [5.41, 5.74) is 0.932. The summed E-state index contributed by atoms with van der Waals surface area (Å²) < 4.78 is 36.7. The summed E-state index contributed by atoms with van der Waals surface area (Å²) in [6.07, 6.45) is -7.08. The molecule has 118 valence electrons. The Balaban J connectivity index is 2.58. The van der Waals surface area contributed by atoms with E-state index in [2.05, 4.69) is 10.3 Å². The number of aliphatic hydroxyl groups excluding tert-OH is 1. The van der Waals surface area contributed by atoms with E-state index in [4.69, 9.17) is 16.7 Å². The third-order valence-corrected chi connectivity index (χ3v) is 2.99. The summed E-state index contributed by atoms with van der Waals surface area (Å²) >= 11 is 5.78. The van der Waals surface area contributed by atoms with Crippen molar-refractivity contribution in [2.45, 2.75) is 18.8 Å². The minimum absolute atomic E-state index is 0.258. The van der Waals surface area contributed by atoms with E-state index < -0.39 is 18.8 Å². The van der Waals surface area contributed by atoms with E-state index >= 15 is 0 Å². The second kappa shape index (κ2) is 7.51. The quantitative estimate of drug-likeness (QED) is 0.660. The van der Waals surface area contributed by atoms with Crippen LogP contribution in [0.1, 0.15) is 5.56 Å². The number of nitrogens with one attached hydrogen (secondary N) is 1. The lowest BCUT2D eigenvalue weighted by atomic mass is 10.2. The number of rotatable bonds is 4. The Morgan fingerprint density at radius 1 is 1.38 bits per heavy atom. The van der Waals surface area contributed by atoms with Gasteiger partial charge in [0.25, 0.3) is 0 Å². The number of guanidine groups is 1. The molecule has 8 heteroatoms. The molecule has 1 rings (SSSR count). The van der Waals surface area contributed by atoms with Gasteiger partial charge in [-0.25, -0.2) is 0 Å². The fourth-order valence-electron chi connectivity index (χ4n) is 1.63. The van der Waals surface area contributed by atoms with E-state index in [1.807, 2.05) is 12.1 Å². The zero-order valence-electron chi connectivity index (χ0n) is 11.7. The first kappa shape index (κ1) is 17.6. The molecule has 0 bridgehead atoms. The Morgan fingerprint density at radius 2 is 1.95 bits per heavy atom. The summed E-state index contributed by atoms with van der Waals surface area (Å²) in [5, 5.41) is 12.1. The first-order chi connectivity index (χ1) is 9.74. The van der Waals surface area contributed by atoms with E-state index in [1.165, 1.54) is 7.05 Å². The number of alkyl halides is 3. The molecule has 0 saturated heterocycles. The molecule has 0 fully saturated rings. The minimum Gasteiger partial charge on any atom is -0.382 e. The van der Waals surface area contributed by atoms with Crippen LogP contribution in [-0.4, -0.2) is 48.9 Å². The van der Waals surface area contributed by atoms with Crippen LogP contribution in [0.4, 0.5) is 13.2 Å². The van der Waals surface area contributed by atoms with Gasteiger partial charge in [-0.05, 0) is 17.7 Å². The van der Waals surface area contributed by atoms with Gasteiger partial charge in [0.1, 0.15) is 0 Å². The molecule has 1 aromatic rings. The predicted molar refractivity (Wildman–Crippen MR) is 76.3 cm³/mol. The lowest BCUT2D eigenvalue weighted by Gasteiger charge is -2.24. The van der Waals surface area contributed by atoms with Crippen LogP contribution < -0.4 is 5.32 Å². The van der Waals surface area contributed by atoms with Crippen LogP contribution in [0.2, 0.25) is 5.02 Å². The summed E-state index contributed by atoms with van der Waals surface area (Å²) in [6.45, 7) is -0.208. The highest BCUT2D eigenvalue weighted by atomic mass is 35.5. The summed E-state index contributed by atoms with van der Waals surface area (Å²) in [5.74, 6) is 0.258. The lowest BCUT2D eigenvalue weighted by molar-refractivity contribution is -0.201. The molecule has 0 aliphatic carbocycles. The molecule has 1 atom stereocenters. The van der Waals surface area contributed by atoms with Crippen molar-refractivity contribution < 1.29 is 18.3 Å². The molecule has 0 amide bonds. The summed E-state index contributed by atoms with van der Waals surface area (Å²) in [4.78, 5) is 5.53. The van der Waals surface area contributed by atoms with E-state index in [1.54, 1.807) is 24.1 Å². The van der Waals surface area contributed by atoms with Crippen molar-refractivity contribution in [1.29, 1.82) is 0 Å². The normalized spacial score (nSPS) is 14.0. The zero-order valence-corrected chi connectivity index (χ0v) is 12.4. The largest absolute Gasteiger partial charge is 0.416 e. The highest BCUT2D eigenvalue weighted by molar-refractivity contribution is 6.30. The summed E-state index contributed by atoms with van der Waals surface area (Å²) in [7, 11) is 3.14. The molecule has 2 N–H and O–H groups in total. The fourth-order valence-corrected chi connectivity index (χ4v) is 1.75. The molecule has 4 nitrogen and oxygen atoms in total. The SMILES string of the molecule is CN=C(NCC(O)C(F)(F)F)N(C)Cc1ccc(Cl)cc1. The van der Waals surface area contributed by atoms with E-state index in [-0.39, 0.29) is 5.96 Å². The van der Waals surface area contributed by atoms with Crippen molar-refractivity contribution in [2.75, 3.05) is 20.6 Å². The van der Waals surface area contributed by atoms with Gasteiger partial charge in [0.15, 0.2) is 12.1 Å². The van der Waals surface area contributed by atoms with Crippen LogP contribution in [0.15, 0.2) is 29.3 Å². The molecule has 0 aromatic heterocycles. The average molecular weight is 324 g/mol. The molecule has 1 unspecified atom stereocenters. The van der Waals surface area contributed by atoms with Crippen LogP contribution in [0.3, 0.4) is 0 Å². The van der Waals surface area contributed by atoms with Crippen molar-refractivity contribution in [3.63, 3.8) is 0 Å². The molecule has 1 aromatic carbocycles. The standard InChI is InChI=1S/C13H17ClF3N3O/c1-18-12(19-7-11(21)13(15,16)17)20(2)8-9-3-5-10(14)6-4-9/h3-6,11,21H,7-8H2,1-2H3,(H,18,19). The molecular weight excluding hydrogens is 307 g/mol. The van der Waals surface area contributed by atoms with Crippen LogP contribution in [-0.2, 0) is 6.54 Å². The molecule has 0 heterocycles. The molecule has 0 radical (unpaired) electrons. The Kier molecular flexibility index (Phi) is 6.29. The van der Waals surface area contributed by atoms with Gasteiger partial charge in [-0.15, -0.1) is 0 Å². The van der Waals surface area contributed by atoms with Gasteiger partial charge in [0.2, 0.25) is 0 Å². The van der Waals surface area contributed by atoms with E-state index in [0.717, 1.165) is 5.56 Å². The maximum Gasteiger partial charge on any atom is 0.416 e. The van der Waals surface area contributed by atoms with Crippen molar-refractivity contribution in [2.24, 2.45) is 4.99 Å². The van der Waals surface area contributed by atoms with Gasteiger partial charge in [0, 0.05) is 25.7 Å². The smallest absolute Gasteiger partial charge is 0.382 e. The van der Waals surface area contributed by atoms with Crippen LogP contribution in [0, 0.1) is 0 Å². The van der Waals surface area contributed by atoms with Crippen molar-refractivity contribution in [1.82, 2.24) is 10.2 Å². The van der Waals surface area contributed by atoms with Crippen LogP contribution >= 0.6 is 11.6 Å². The average Bonchev–Trinajstić information content (AvgIpc) is 2.40. The number of aliphatic hydroxyl groups is 1. The first-order valence-corrected chi connectivity index (χ1v) is 6.53. The van der Waals surface area contributed by atoms with Gasteiger partial charge in [0.05, 0.1) is 6.54 Å². The van der Waals surface area contributed by atoms with Gasteiger partial charge in [-0.1, -0.05) is 23.7 Å². The second-order valence-electron chi connectivity index (χ2n) is 4.47. The van der Waals surface area contributed by atoms with Crippen molar-refractivity contribution in [3.05, 3.63) is 34.9 Å². The molecule has 21 heavy (non-hydrogen) atoms. The van der Waals surface area contributed by atoms with Gasteiger partial charge in [-0.3, -0.25) is 4.99 Å². The number of aliphatic imine (C=N–C) groups is 1. The Bertz CT molecular complexity index is 477. The molecular formula is C13H17ClF3N3O. The van der Waals surface area contributed by atoms with Crippen LogP contribution in [0.25, 0.3) is 0 Å². The predicted octanol–water partition coefficient (Wildman–Crippen LogP) is 2.27. The zero-order chi connectivity index (χ0) is 16.0. The lowest BCUT2D eigenvalue weighted by Crippen LogP contribution is -2.45. The third kappa shape index (κ3) is 5.81. The highest BCUT2D eigenvalue weighted by Crippen LogP contribution is 2.19. The third-order valence-electron chi connectivity index (χ3n) is 2.74. The highest BCUT2D eigenvalue weighted by Gasteiger charge is 2.38. The van der Waals surface area contributed by atoms with Gasteiger partial charge in [-0.2, -0.15) is 13.2 Å².